The summed E-state index contributed by atoms with van der Waals surface area (Å²) in [4.78, 5) is 8.88. The Labute approximate surface area is 122 Å². The number of fused-ring (bicyclic) bond motifs is 1. The highest BCUT2D eigenvalue weighted by Gasteiger charge is 2.14. The van der Waals surface area contributed by atoms with Crippen LogP contribution >= 0.6 is 22.9 Å². The molecule has 0 spiro atoms. The van der Waals surface area contributed by atoms with Crippen LogP contribution < -0.4 is 0 Å². The molecular weight excluding hydrogens is 296 g/mol. The molecule has 0 fully saturated rings. The topological polar surface area (TPSA) is 52.1 Å². The van der Waals surface area contributed by atoms with Gasteiger partial charge in [0.25, 0.3) is 0 Å². The number of thiazole rings is 1. The van der Waals surface area contributed by atoms with Crippen molar-refractivity contribution in [1.82, 2.24) is 9.97 Å². The monoisotopic (exact) mass is 302 g/mol. The molecule has 0 aliphatic carbocycles. The number of benzene rings is 1. The molecule has 0 aliphatic heterocycles. The Balaban J connectivity index is 1.79. The molecule has 3 heterocycles. The zero-order chi connectivity index (χ0) is 13.5. The van der Waals surface area contributed by atoms with Crippen LogP contribution in [0.2, 0.25) is 5.02 Å². The summed E-state index contributed by atoms with van der Waals surface area (Å²) >= 11 is 7.42. The van der Waals surface area contributed by atoms with E-state index in [4.69, 9.17) is 20.4 Å². The third kappa shape index (κ3) is 1.92. The second kappa shape index (κ2) is 4.47. The summed E-state index contributed by atoms with van der Waals surface area (Å²) in [5.74, 6) is 1.22. The lowest BCUT2D eigenvalue weighted by Crippen LogP contribution is -1.77. The van der Waals surface area contributed by atoms with Crippen molar-refractivity contribution in [1.29, 1.82) is 0 Å². The largest absolute Gasteiger partial charge is 0.462 e. The number of rotatable bonds is 2. The Bertz CT molecular complexity index is 880. The van der Waals surface area contributed by atoms with Gasteiger partial charge in [-0.1, -0.05) is 11.6 Å². The molecule has 0 saturated carbocycles. The maximum absolute atomic E-state index is 5.93. The van der Waals surface area contributed by atoms with Crippen LogP contribution in [0, 0.1) is 0 Å². The number of aromatic nitrogens is 2. The molecule has 0 unspecified atom stereocenters. The van der Waals surface area contributed by atoms with Gasteiger partial charge < -0.3 is 8.83 Å². The number of halogens is 1. The lowest BCUT2D eigenvalue weighted by atomic mass is 10.3. The van der Waals surface area contributed by atoms with E-state index < -0.39 is 0 Å². The molecule has 3 aromatic heterocycles. The van der Waals surface area contributed by atoms with Gasteiger partial charge in [0.2, 0.25) is 5.89 Å². The van der Waals surface area contributed by atoms with E-state index in [9.17, 15) is 0 Å². The Morgan fingerprint density at radius 3 is 2.95 bits per heavy atom. The molecule has 0 saturated heterocycles. The van der Waals surface area contributed by atoms with Crippen LogP contribution in [0.5, 0.6) is 0 Å². The smallest absolute Gasteiger partial charge is 0.247 e. The average Bonchev–Trinajstić information content (AvgIpc) is 3.17. The van der Waals surface area contributed by atoms with Gasteiger partial charge in [0.15, 0.2) is 16.4 Å². The SMILES string of the molecule is Clc1ccc2nc(-c3csc(-c4ccco4)n3)oc2c1. The van der Waals surface area contributed by atoms with Crippen molar-refractivity contribution >= 4 is 34.0 Å². The summed E-state index contributed by atoms with van der Waals surface area (Å²) in [5, 5.41) is 3.31. The molecular formula is C14H7ClN2O2S. The standard InChI is InChI=1S/C14H7ClN2O2S/c15-8-3-4-9-12(6-8)19-13(16-9)10-7-20-14(17-10)11-2-1-5-18-11/h1-7H. The van der Waals surface area contributed by atoms with Crippen LogP contribution in [0.3, 0.4) is 0 Å². The molecule has 0 atom stereocenters. The number of hydrogen-bond donors (Lipinski definition) is 0. The maximum atomic E-state index is 5.93. The predicted molar refractivity (Wildman–Crippen MR) is 77.8 cm³/mol. The Hall–Kier alpha value is -2.11. The second-order valence-electron chi connectivity index (χ2n) is 4.15. The third-order valence-corrected chi connectivity index (χ3v) is 3.90. The molecule has 4 aromatic rings. The third-order valence-electron chi connectivity index (χ3n) is 2.81. The first kappa shape index (κ1) is 11.7. The summed E-state index contributed by atoms with van der Waals surface area (Å²) in [5.41, 5.74) is 2.10. The number of hydrogen-bond acceptors (Lipinski definition) is 5. The van der Waals surface area contributed by atoms with Crippen molar-refractivity contribution in [3.63, 3.8) is 0 Å². The van der Waals surface area contributed by atoms with Gasteiger partial charge in [0.1, 0.15) is 11.2 Å². The zero-order valence-corrected chi connectivity index (χ0v) is 11.6. The Morgan fingerprint density at radius 1 is 1.15 bits per heavy atom. The maximum Gasteiger partial charge on any atom is 0.247 e. The molecule has 0 bridgehead atoms. The van der Waals surface area contributed by atoms with Gasteiger partial charge in [0.05, 0.1) is 6.26 Å². The normalized spacial score (nSPS) is 11.2. The van der Waals surface area contributed by atoms with Crippen molar-refractivity contribution < 1.29 is 8.83 Å². The summed E-state index contributed by atoms with van der Waals surface area (Å²) in [6.45, 7) is 0. The highest BCUT2D eigenvalue weighted by molar-refractivity contribution is 7.13. The van der Waals surface area contributed by atoms with E-state index in [1.807, 2.05) is 23.6 Å². The van der Waals surface area contributed by atoms with Crippen LogP contribution in [-0.2, 0) is 0 Å². The first-order chi connectivity index (χ1) is 9.79. The van der Waals surface area contributed by atoms with Gasteiger partial charge in [-0.2, -0.15) is 0 Å². The highest BCUT2D eigenvalue weighted by Crippen LogP contribution is 2.31. The van der Waals surface area contributed by atoms with Crippen molar-refractivity contribution in [2.24, 2.45) is 0 Å². The molecule has 0 N–H and O–H groups in total. The molecule has 0 aliphatic rings. The summed E-state index contributed by atoms with van der Waals surface area (Å²) < 4.78 is 11.0. The number of nitrogens with zero attached hydrogens (tertiary/aromatic N) is 2. The fraction of sp³-hybridized carbons (Fsp3) is 0. The van der Waals surface area contributed by atoms with E-state index in [0.29, 0.717) is 22.2 Å². The van der Waals surface area contributed by atoms with Crippen molar-refractivity contribution in [2.45, 2.75) is 0 Å². The van der Waals surface area contributed by atoms with Gasteiger partial charge in [-0.3, -0.25) is 0 Å². The van der Waals surface area contributed by atoms with E-state index in [0.717, 1.165) is 16.3 Å². The van der Waals surface area contributed by atoms with Crippen LogP contribution in [0.25, 0.3) is 33.5 Å². The fourth-order valence-corrected chi connectivity index (χ4v) is 2.82. The predicted octanol–water partition coefficient (Wildman–Crippen LogP) is 4.86. The van der Waals surface area contributed by atoms with Gasteiger partial charge in [-0.15, -0.1) is 11.3 Å². The summed E-state index contributed by atoms with van der Waals surface area (Å²) in [6.07, 6.45) is 1.62. The van der Waals surface area contributed by atoms with Crippen LogP contribution in [0.15, 0.2) is 50.8 Å². The van der Waals surface area contributed by atoms with Crippen LogP contribution in [0.4, 0.5) is 0 Å². The lowest BCUT2D eigenvalue weighted by molar-refractivity contribution is 0.581. The fourth-order valence-electron chi connectivity index (χ4n) is 1.89. The van der Waals surface area contributed by atoms with E-state index in [-0.39, 0.29) is 0 Å². The van der Waals surface area contributed by atoms with Crippen LogP contribution in [0.1, 0.15) is 0 Å². The van der Waals surface area contributed by atoms with Gasteiger partial charge in [0, 0.05) is 16.5 Å². The lowest BCUT2D eigenvalue weighted by Gasteiger charge is -1.87. The zero-order valence-electron chi connectivity index (χ0n) is 10.0. The van der Waals surface area contributed by atoms with Gasteiger partial charge in [-0.25, -0.2) is 9.97 Å². The van der Waals surface area contributed by atoms with E-state index in [1.54, 1.807) is 18.4 Å². The Kier molecular flexibility index (Phi) is 2.61. The first-order valence-electron chi connectivity index (χ1n) is 5.85. The van der Waals surface area contributed by atoms with Crippen molar-refractivity contribution in [3.05, 3.63) is 47.0 Å². The van der Waals surface area contributed by atoms with E-state index in [2.05, 4.69) is 9.97 Å². The van der Waals surface area contributed by atoms with E-state index in [1.165, 1.54) is 11.3 Å². The molecule has 4 rings (SSSR count). The minimum Gasteiger partial charge on any atom is -0.462 e. The average molecular weight is 303 g/mol. The Morgan fingerprint density at radius 2 is 2.10 bits per heavy atom. The quantitative estimate of drug-likeness (QED) is 0.530. The minimum atomic E-state index is 0.483. The summed E-state index contributed by atoms with van der Waals surface area (Å²) in [7, 11) is 0. The summed E-state index contributed by atoms with van der Waals surface area (Å²) in [6, 6.07) is 9.05. The van der Waals surface area contributed by atoms with Crippen molar-refractivity contribution in [3.8, 4) is 22.4 Å². The highest BCUT2D eigenvalue weighted by atomic mass is 35.5. The van der Waals surface area contributed by atoms with Gasteiger partial charge in [-0.05, 0) is 24.3 Å². The second-order valence-corrected chi connectivity index (χ2v) is 5.44. The van der Waals surface area contributed by atoms with Gasteiger partial charge >= 0.3 is 0 Å². The molecule has 0 radical (unpaired) electrons. The molecule has 6 heteroatoms. The molecule has 98 valence electrons. The number of furan rings is 1. The molecule has 4 nitrogen and oxygen atoms in total. The van der Waals surface area contributed by atoms with Crippen molar-refractivity contribution in [2.75, 3.05) is 0 Å². The molecule has 1 aromatic carbocycles. The minimum absolute atomic E-state index is 0.483. The molecule has 0 amide bonds. The first-order valence-corrected chi connectivity index (χ1v) is 7.11. The number of oxazole rings is 1. The van der Waals surface area contributed by atoms with E-state index >= 15 is 0 Å². The molecule has 20 heavy (non-hydrogen) atoms. The van der Waals surface area contributed by atoms with Crippen LogP contribution in [-0.4, -0.2) is 9.97 Å².